The Morgan fingerprint density at radius 1 is 0.821 bits per heavy atom. The number of thioether (sulfide) groups is 1. The summed E-state index contributed by atoms with van der Waals surface area (Å²) in [5.74, 6) is 1.70. The van der Waals surface area contributed by atoms with Crippen molar-refractivity contribution in [1.82, 2.24) is 14.8 Å². The van der Waals surface area contributed by atoms with Crippen LogP contribution in [0.4, 0.5) is 0 Å². The first kappa shape index (κ1) is 18.8. The number of aromatic nitrogens is 3. The molecule has 3 nitrogen and oxygen atoms in total. The number of rotatable bonds is 6. The van der Waals surface area contributed by atoms with Gasteiger partial charge in [0.2, 0.25) is 0 Å². The molecule has 3 aromatic carbocycles. The van der Waals surface area contributed by atoms with Gasteiger partial charge >= 0.3 is 0 Å². The maximum absolute atomic E-state index is 6.13. The molecule has 4 rings (SSSR count). The topological polar surface area (TPSA) is 30.7 Å². The number of halogens is 1. The summed E-state index contributed by atoms with van der Waals surface area (Å²) < 4.78 is 2.13. The zero-order valence-corrected chi connectivity index (χ0v) is 17.1. The molecule has 0 atom stereocenters. The number of benzene rings is 3. The first-order chi connectivity index (χ1) is 13.7. The van der Waals surface area contributed by atoms with Crippen molar-refractivity contribution in [2.45, 2.75) is 24.4 Å². The molecule has 0 aliphatic rings. The zero-order chi connectivity index (χ0) is 19.3. The molecule has 1 aromatic heterocycles. The van der Waals surface area contributed by atoms with Gasteiger partial charge in [-0.05, 0) is 35.7 Å². The number of hydrogen-bond acceptors (Lipinski definition) is 3. The second-order valence-corrected chi connectivity index (χ2v) is 7.79. The lowest BCUT2D eigenvalue weighted by Gasteiger charge is -2.08. The van der Waals surface area contributed by atoms with Crippen LogP contribution in [0.5, 0.6) is 0 Å². The van der Waals surface area contributed by atoms with Crippen LogP contribution in [0.15, 0.2) is 84.0 Å². The molecule has 0 radical (unpaired) electrons. The minimum absolute atomic E-state index is 0.705. The van der Waals surface area contributed by atoms with Crippen molar-refractivity contribution in [3.8, 4) is 22.5 Å². The van der Waals surface area contributed by atoms with E-state index in [9.17, 15) is 0 Å². The lowest BCUT2D eigenvalue weighted by Crippen LogP contribution is -1.99. The van der Waals surface area contributed by atoms with E-state index in [0.29, 0.717) is 5.02 Å². The Morgan fingerprint density at radius 3 is 2.25 bits per heavy atom. The summed E-state index contributed by atoms with van der Waals surface area (Å²) in [6.07, 6.45) is 0. The van der Waals surface area contributed by atoms with E-state index in [0.717, 1.165) is 28.8 Å². The first-order valence-electron chi connectivity index (χ1n) is 9.21. The molecule has 5 heteroatoms. The van der Waals surface area contributed by atoms with Crippen molar-refractivity contribution >= 4 is 23.4 Å². The Kier molecular flexibility index (Phi) is 5.79. The third-order valence-electron chi connectivity index (χ3n) is 4.54. The highest BCUT2D eigenvalue weighted by atomic mass is 35.5. The van der Waals surface area contributed by atoms with Crippen LogP contribution < -0.4 is 0 Å². The van der Waals surface area contributed by atoms with E-state index in [4.69, 9.17) is 11.6 Å². The standard InChI is InChI=1S/C23H20ClN3S/c1-2-27-22(20-9-6-10-21(24)15-20)25-26-23(27)28-16-17-11-13-19(14-12-17)18-7-4-3-5-8-18/h3-15H,2,16H2,1H3. The van der Waals surface area contributed by atoms with Crippen LogP contribution in [0, 0.1) is 0 Å². The SMILES string of the molecule is CCn1c(SCc2ccc(-c3ccccc3)cc2)nnc1-c1cccc(Cl)c1. The fraction of sp³-hybridized carbons (Fsp3) is 0.130. The van der Waals surface area contributed by atoms with Gasteiger partial charge in [0, 0.05) is 22.9 Å². The van der Waals surface area contributed by atoms with Crippen molar-refractivity contribution in [2.24, 2.45) is 0 Å². The van der Waals surface area contributed by atoms with E-state index in [1.54, 1.807) is 11.8 Å². The largest absolute Gasteiger partial charge is 0.302 e. The molecule has 0 saturated heterocycles. The lowest BCUT2D eigenvalue weighted by molar-refractivity contribution is 0.687. The molecule has 0 aliphatic carbocycles. The highest BCUT2D eigenvalue weighted by Crippen LogP contribution is 2.28. The van der Waals surface area contributed by atoms with Gasteiger partial charge in [0.1, 0.15) is 0 Å². The maximum atomic E-state index is 6.13. The van der Waals surface area contributed by atoms with Crippen LogP contribution >= 0.6 is 23.4 Å². The predicted octanol–water partition coefficient (Wildman–Crippen LogP) is 6.58. The average molecular weight is 406 g/mol. The minimum atomic E-state index is 0.705. The van der Waals surface area contributed by atoms with Gasteiger partial charge in [-0.15, -0.1) is 10.2 Å². The van der Waals surface area contributed by atoms with Crippen molar-refractivity contribution in [1.29, 1.82) is 0 Å². The Morgan fingerprint density at radius 2 is 1.54 bits per heavy atom. The molecule has 0 fully saturated rings. The molecular formula is C23H20ClN3S. The summed E-state index contributed by atoms with van der Waals surface area (Å²) in [7, 11) is 0. The normalized spacial score (nSPS) is 10.9. The quantitative estimate of drug-likeness (QED) is 0.339. The smallest absolute Gasteiger partial charge is 0.191 e. The summed E-state index contributed by atoms with van der Waals surface area (Å²) in [4.78, 5) is 0. The van der Waals surface area contributed by atoms with Gasteiger partial charge < -0.3 is 4.57 Å². The zero-order valence-electron chi connectivity index (χ0n) is 15.5. The third kappa shape index (κ3) is 4.13. The molecule has 0 bridgehead atoms. The van der Waals surface area contributed by atoms with Crippen LogP contribution in [0.1, 0.15) is 12.5 Å². The molecule has 28 heavy (non-hydrogen) atoms. The van der Waals surface area contributed by atoms with Gasteiger partial charge in [-0.2, -0.15) is 0 Å². The monoisotopic (exact) mass is 405 g/mol. The fourth-order valence-electron chi connectivity index (χ4n) is 3.09. The van der Waals surface area contributed by atoms with Crippen LogP contribution in [-0.2, 0) is 12.3 Å². The van der Waals surface area contributed by atoms with Crippen molar-refractivity contribution in [2.75, 3.05) is 0 Å². The summed E-state index contributed by atoms with van der Waals surface area (Å²) in [6.45, 7) is 2.92. The molecule has 140 valence electrons. The Balaban J connectivity index is 1.49. The fourth-order valence-corrected chi connectivity index (χ4v) is 4.24. The molecule has 0 unspecified atom stereocenters. The van der Waals surface area contributed by atoms with Gasteiger partial charge in [-0.1, -0.05) is 90.1 Å². The molecule has 0 spiro atoms. The van der Waals surface area contributed by atoms with Crippen LogP contribution in [0.25, 0.3) is 22.5 Å². The molecule has 0 saturated carbocycles. The van der Waals surface area contributed by atoms with Gasteiger partial charge in [-0.3, -0.25) is 0 Å². The molecule has 4 aromatic rings. The summed E-state index contributed by atoms with van der Waals surface area (Å²) in [5.41, 5.74) is 4.72. The minimum Gasteiger partial charge on any atom is -0.302 e. The summed E-state index contributed by atoms with van der Waals surface area (Å²) in [5, 5.41) is 10.4. The Bertz CT molecular complexity index is 1060. The lowest BCUT2D eigenvalue weighted by atomic mass is 10.0. The highest BCUT2D eigenvalue weighted by molar-refractivity contribution is 7.98. The van der Waals surface area contributed by atoms with Gasteiger partial charge in [0.15, 0.2) is 11.0 Å². The second-order valence-electron chi connectivity index (χ2n) is 6.41. The van der Waals surface area contributed by atoms with Crippen LogP contribution in [0.3, 0.4) is 0 Å². The van der Waals surface area contributed by atoms with Crippen molar-refractivity contribution in [3.05, 3.63) is 89.4 Å². The molecule has 0 amide bonds. The second kappa shape index (κ2) is 8.63. The van der Waals surface area contributed by atoms with Crippen molar-refractivity contribution < 1.29 is 0 Å². The Hall–Kier alpha value is -2.56. The van der Waals surface area contributed by atoms with E-state index >= 15 is 0 Å². The van der Waals surface area contributed by atoms with Gasteiger partial charge in [0.05, 0.1) is 0 Å². The van der Waals surface area contributed by atoms with E-state index in [2.05, 4.69) is 70.2 Å². The van der Waals surface area contributed by atoms with Gasteiger partial charge in [-0.25, -0.2) is 0 Å². The molecular weight excluding hydrogens is 386 g/mol. The van der Waals surface area contributed by atoms with Crippen molar-refractivity contribution in [3.63, 3.8) is 0 Å². The highest BCUT2D eigenvalue weighted by Gasteiger charge is 2.13. The number of nitrogens with zero attached hydrogens (tertiary/aromatic N) is 3. The number of hydrogen-bond donors (Lipinski definition) is 0. The first-order valence-corrected chi connectivity index (χ1v) is 10.6. The third-order valence-corrected chi connectivity index (χ3v) is 5.82. The predicted molar refractivity (Wildman–Crippen MR) is 118 cm³/mol. The van der Waals surface area contributed by atoms with E-state index in [-0.39, 0.29) is 0 Å². The van der Waals surface area contributed by atoms with E-state index in [1.807, 2.05) is 30.3 Å². The molecule has 0 N–H and O–H groups in total. The van der Waals surface area contributed by atoms with Crippen LogP contribution in [0.2, 0.25) is 5.02 Å². The Labute approximate surface area is 174 Å². The summed E-state index contributed by atoms with van der Waals surface area (Å²) in [6, 6.07) is 26.9. The maximum Gasteiger partial charge on any atom is 0.191 e. The van der Waals surface area contributed by atoms with E-state index in [1.165, 1.54) is 16.7 Å². The summed E-state index contributed by atoms with van der Waals surface area (Å²) >= 11 is 7.84. The molecule has 0 aliphatic heterocycles. The van der Waals surface area contributed by atoms with Gasteiger partial charge in [0.25, 0.3) is 0 Å². The van der Waals surface area contributed by atoms with Crippen LogP contribution in [-0.4, -0.2) is 14.8 Å². The average Bonchev–Trinajstić information content (AvgIpc) is 3.16. The molecule has 1 heterocycles. The van der Waals surface area contributed by atoms with E-state index < -0.39 is 0 Å².